The zero-order chi connectivity index (χ0) is 15.6. The summed E-state index contributed by atoms with van der Waals surface area (Å²) in [5.41, 5.74) is 5.47. The predicted molar refractivity (Wildman–Crippen MR) is 81.7 cm³/mol. The molecule has 1 aromatic rings. The summed E-state index contributed by atoms with van der Waals surface area (Å²) < 4.78 is 40.3. The van der Waals surface area contributed by atoms with E-state index in [1.165, 1.54) is 0 Å². The molecule has 0 unspecified atom stereocenters. The Bertz CT molecular complexity index is 616. The molecule has 1 aliphatic carbocycles. The SMILES string of the molecule is Nc1cc(F)c(Br)cc1S(=O)(=O)NCC1CCC(O)CC1. The first-order valence-corrected chi connectivity index (χ1v) is 8.99. The number of halogens is 2. The van der Waals surface area contributed by atoms with E-state index in [4.69, 9.17) is 5.73 Å². The van der Waals surface area contributed by atoms with E-state index in [-0.39, 0.29) is 27.1 Å². The van der Waals surface area contributed by atoms with Gasteiger partial charge in [-0.05, 0) is 59.7 Å². The molecule has 0 heterocycles. The van der Waals surface area contributed by atoms with Crippen LogP contribution in [0.3, 0.4) is 0 Å². The second kappa shape index (κ2) is 6.60. The summed E-state index contributed by atoms with van der Waals surface area (Å²) in [4.78, 5) is -0.133. The first-order valence-electron chi connectivity index (χ1n) is 6.72. The first kappa shape index (κ1) is 16.7. The molecular weight excluding hydrogens is 363 g/mol. The minimum absolute atomic E-state index is 0.0536. The average molecular weight is 381 g/mol. The van der Waals surface area contributed by atoms with E-state index in [0.717, 1.165) is 25.0 Å². The summed E-state index contributed by atoms with van der Waals surface area (Å²) in [6, 6.07) is 2.15. The molecule has 0 saturated heterocycles. The van der Waals surface area contributed by atoms with E-state index >= 15 is 0 Å². The second-order valence-electron chi connectivity index (χ2n) is 5.33. The molecule has 0 atom stereocenters. The highest BCUT2D eigenvalue weighted by molar-refractivity contribution is 9.10. The van der Waals surface area contributed by atoms with Gasteiger partial charge in [0.05, 0.1) is 16.3 Å². The topological polar surface area (TPSA) is 92.4 Å². The van der Waals surface area contributed by atoms with Gasteiger partial charge in [-0.2, -0.15) is 0 Å². The van der Waals surface area contributed by atoms with Crippen molar-refractivity contribution in [1.29, 1.82) is 0 Å². The van der Waals surface area contributed by atoms with Crippen molar-refractivity contribution >= 4 is 31.6 Å². The lowest BCUT2D eigenvalue weighted by Crippen LogP contribution is -2.32. The minimum Gasteiger partial charge on any atom is -0.398 e. The van der Waals surface area contributed by atoms with E-state index < -0.39 is 15.8 Å². The molecule has 2 rings (SSSR count). The molecule has 1 saturated carbocycles. The lowest BCUT2D eigenvalue weighted by molar-refractivity contribution is 0.109. The summed E-state index contributed by atoms with van der Waals surface area (Å²) in [6.45, 7) is 0.295. The number of anilines is 1. The number of rotatable bonds is 4. The number of nitrogens with one attached hydrogen (secondary N) is 1. The van der Waals surface area contributed by atoms with Gasteiger partial charge in [-0.25, -0.2) is 17.5 Å². The van der Waals surface area contributed by atoms with Gasteiger partial charge in [-0.15, -0.1) is 0 Å². The average Bonchev–Trinajstić information content (AvgIpc) is 2.42. The zero-order valence-electron chi connectivity index (χ0n) is 11.4. The summed E-state index contributed by atoms with van der Waals surface area (Å²) >= 11 is 2.96. The molecule has 0 spiro atoms. The Kier molecular flexibility index (Phi) is 5.24. The predicted octanol–water partition coefficient (Wildman–Crippen LogP) is 2.00. The highest BCUT2D eigenvalue weighted by atomic mass is 79.9. The third-order valence-corrected chi connectivity index (χ3v) is 5.81. The third kappa shape index (κ3) is 4.15. The lowest BCUT2D eigenvalue weighted by Gasteiger charge is -2.25. The fourth-order valence-electron chi connectivity index (χ4n) is 2.43. The highest BCUT2D eigenvalue weighted by Gasteiger charge is 2.24. The van der Waals surface area contributed by atoms with Gasteiger partial charge in [0.1, 0.15) is 10.7 Å². The van der Waals surface area contributed by atoms with Crippen molar-refractivity contribution < 1.29 is 17.9 Å². The van der Waals surface area contributed by atoms with Crippen LogP contribution in [0.15, 0.2) is 21.5 Å². The number of nitrogen functional groups attached to an aromatic ring is 1. The van der Waals surface area contributed by atoms with Gasteiger partial charge in [0.2, 0.25) is 10.0 Å². The minimum atomic E-state index is -3.78. The van der Waals surface area contributed by atoms with Crippen LogP contribution in [0.4, 0.5) is 10.1 Å². The Balaban J connectivity index is 2.07. The maximum Gasteiger partial charge on any atom is 0.242 e. The Hall–Kier alpha value is -0.700. The number of aliphatic hydroxyl groups is 1. The number of benzene rings is 1. The van der Waals surface area contributed by atoms with Crippen molar-refractivity contribution in [2.45, 2.75) is 36.7 Å². The van der Waals surface area contributed by atoms with Gasteiger partial charge < -0.3 is 10.8 Å². The molecular formula is C13H18BrFN2O3S. The van der Waals surface area contributed by atoms with Gasteiger partial charge in [0.25, 0.3) is 0 Å². The lowest BCUT2D eigenvalue weighted by atomic mass is 9.88. The molecule has 0 bridgehead atoms. The molecule has 1 aliphatic rings. The van der Waals surface area contributed by atoms with Crippen molar-refractivity contribution in [2.75, 3.05) is 12.3 Å². The zero-order valence-corrected chi connectivity index (χ0v) is 13.8. The number of aliphatic hydroxyl groups excluding tert-OH is 1. The van der Waals surface area contributed by atoms with E-state index in [1.54, 1.807) is 0 Å². The quantitative estimate of drug-likeness (QED) is 0.696. The molecule has 1 fully saturated rings. The maximum atomic E-state index is 13.3. The van der Waals surface area contributed by atoms with Crippen molar-refractivity contribution in [1.82, 2.24) is 4.72 Å². The van der Waals surface area contributed by atoms with Crippen molar-refractivity contribution in [3.8, 4) is 0 Å². The molecule has 0 aliphatic heterocycles. The molecule has 1 aromatic carbocycles. The molecule has 21 heavy (non-hydrogen) atoms. The van der Waals surface area contributed by atoms with Crippen molar-refractivity contribution in [2.24, 2.45) is 5.92 Å². The normalized spacial score (nSPS) is 23.2. The number of hydrogen-bond acceptors (Lipinski definition) is 4. The fourth-order valence-corrected chi connectivity index (χ4v) is 4.18. The molecule has 5 nitrogen and oxygen atoms in total. The van der Waals surface area contributed by atoms with E-state index in [2.05, 4.69) is 20.7 Å². The Morgan fingerprint density at radius 1 is 1.33 bits per heavy atom. The maximum absolute atomic E-state index is 13.3. The Labute approximate surface area is 131 Å². The summed E-state index contributed by atoms with van der Waals surface area (Å²) in [7, 11) is -3.78. The van der Waals surface area contributed by atoms with Crippen LogP contribution in [0.25, 0.3) is 0 Å². The number of sulfonamides is 1. The van der Waals surface area contributed by atoms with Gasteiger partial charge in [0, 0.05) is 6.54 Å². The van der Waals surface area contributed by atoms with Crippen LogP contribution in [-0.4, -0.2) is 26.2 Å². The third-order valence-electron chi connectivity index (χ3n) is 3.72. The summed E-state index contributed by atoms with van der Waals surface area (Å²) in [5, 5.41) is 9.43. The molecule has 8 heteroatoms. The van der Waals surface area contributed by atoms with Crippen LogP contribution >= 0.6 is 15.9 Å². The van der Waals surface area contributed by atoms with E-state index in [9.17, 15) is 17.9 Å². The van der Waals surface area contributed by atoms with Crippen LogP contribution in [-0.2, 0) is 10.0 Å². The molecule has 0 aromatic heterocycles. The van der Waals surface area contributed by atoms with Crippen LogP contribution < -0.4 is 10.5 Å². The first-order chi connectivity index (χ1) is 9.79. The van der Waals surface area contributed by atoms with Crippen LogP contribution in [0, 0.1) is 11.7 Å². The number of nitrogens with two attached hydrogens (primary N) is 1. The summed E-state index contributed by atoms with van der Waals surface area (Å²) in [5.74, 6) is -0.402. The van der Waals surface area contributed by atoms with E-state index in [1.807, 2.05) is 0 Å². The van der Waals surface area contributed by atoms with Crippen molar-refractivity contribution in [3.05, 3.63) is 22.4 Å². The van der Waals surface area contributed by atoms with Gasteiger partial charge in [-0.1, -0.05) is 0 Å². The van der Waals surface area contributed by atoms with E-state index in [0.29, 0.717) is 19.4 Å². The largest absolute Gasteiger partial charge is 0.398 e. The van der Waals surface area contributed by atoms with Crippen LogP contribution in [0.1, 0.15) is 25.7 Å². The van der Waals surface area contributed by atoms with Crippen molar-refractivity contribution in [3.63, 3.8) is 0 Å². The second-order valence-corrected chi connectivity index (χ2v) is 7.92. The smallest absolute Gasteiger partial charge is 0.242 e. The Morgan fingerprint density at radius 3 is 2.57 bits per heavy atom. The Morgan fingerprint density at radius 2 is 1.95 bits per heavy atom. The fraction of sp³-hybridized carbons (Fsp3) is 0.538. The van der Waals surface area contributed by atoms with Crippen LogP contribution in [0.5, 0.6) is 0 Å². The standard InChI is InChI=1S/C13H18BrFN2O3S/c14-10-5-13(12(16)6-11(10)15)21(19,20)17-7-8-1-3-9(18)4-2-8/h5-6,8-9,17-18H,1-4,7,16H2. The number of hydrogen-bond donors (Lipinski definition) is 3. The monoisotopic (exact) mass is 380 g/mol. The highest BCUT2D eigenvalue weighted by Crippen LogP contribution is 2.27. The molecule has 4 N–H and O–H groups in total. The molecule has 118 valence electrons. The molecule has 0 amide bonds. The summed E-state index contributed by atoms with van der Waals surface area (Å²) in [6.07, 6.45) is 2.67. The van der Waals surface area contributed by atoms with Crippen LogP contribution in [0.2, 0.25) is 0 Å². The molecule has 0 radical (unpaired) electrons. The van der Waals surface area contributed by atoms with Gasteiger partial charge in [0.15, 0.2) is 0 Å². The van der Waals surface area contributed by atoms with Gasteiger partial charge >= 0.3 is 0 Å². The van der Waals surface area contributed by atoms with Gasteiger partial charge in [-0.3, -0.25) is 0 Å².